The van der Waals surface area contributed by atoms with Gasteiger partial charge in [-0.3, -0.25) is 4.79 Å². The molecule has 0 unspecified atom stereocenters. The summed E-state index contributed by atoms with van der Waals surface area (Å²) in [6.07, 6.45) is 2.35. The van der Waals surface area contributed by atoms with E-state index in [1.165, 1.54) is 9.58 Å². The largest absolute Gasteiger partial charge is 0.343 e. The number of nitrogens with zero attached hydrogens (tertiary/aromatic N) is 5. The van der Waals surface area contributed by atoms with Crippen LogP contribution in [0.3, 0.4) is 0 Å². The van der Waals surface area contributed by atoms with Crippen LogP contribution in [0.2, 0.25) is 5.15 Å². The molecule has 0 N–H and O–H groups in total. The van der Waals surface area contributed by atoms with Crippen molar-refractivity contribution in [2.75, 3.05) is 14.1 Å². The number of hydrogen-bond acceptors (Lipinski definition) is 4. The quantitative estimate of drug-likeness (QED) is 0.800. The van der Waals surface area contributed by atoms with Gasteiger partial charge in [0.2, 0.25) is 0 Å². The second kappa shape index (κ2) is 5.36. The van der Waals surface area contributed by atoms with Gasteiger partial charge in [-0.2, -0.15) is 5.10 Å². The summed E-state index contributed by atoms with van der Waals surface area (Å²) >= 11 is 5.93. The molecule has 0 aliphatic rings. The lowest BCUT2D eigenvalue weighted by Crippen LogP contribution is -2.22. The van der Waals surface area contributed by atoms with Gasteiger partial charge in [-0.25, -0.2) is 14.6 Å². The van der Waals surface area contributed by atoms with Crippen LogP contribution in [-0.4, -0.2) is 44.7 Å². The number of carbonyl (C=O) groups is 1. The molecular weight excluding hydrogens is 266 g/mol. The minimum atomic E-state index is -0.158. The van der Waals surface area contributed by atoms with Crippen LogP contribution in [0, 0.1) is 0 Å². The van der Waals surface area contributed by atoms with E-state index in [0.717, 1.165) is 0 Å². The number of aryl methyl sites for hydroxylation is 1. The van der Waals surface area contributed by atoms with Gasteiger partial charge in [-0.15, -0.1) is 0 Å². The summed E-state index contributed by atoms with van der Waals surface area (Å²) in [5, 5.41) is 4.55. The van der Waals surface area contributed by atoms with E-state index in [9.17, 15) is 4.79 Å². The lowest BCUT2D eigenvalue weighted by Gasteiger charge is -2.07. The first kappa shape index (κ1) is 13.5. The van der Waals surface area contributed by atoms with E-state index in [-0.39, 0.29) is 5.91 Å². The van der Waals surface area contributed by atoms with Crippen molar-refractivity contribution in [1.82, 2.24) is 24.6 Å². The highest BCUT2D eigenvalue weighted by Gasteiger charge is 2.13. The zero-order valence-electron chi connectivity index (χ0n) is 11.0. The Labute approximate surface area is 116 Å². The summed E-state index contributed by atoms with van der Waals surface area (Å²) in [6.45, 7) is 1.94. The molecule has 0 saturated carbocycles. The van der Waals surface area contributed by atoms with Crippen LogP contribution in [0.5, 0.6) is 0 Å². The van der Waals surface area contributed by atoms with E-state index in [1.54, 1.807) is 32.4 Å². The molecule has 100 valence electrons. The Morgan fingerprint density at radius 3 is 2.79 bits per heavy atom. The van der Waals surface area contributed by atoms with Gasteiger partial charge in [0.1, 0.15) is 11.0 Å². The van der Waals surface area contributed by atoms with E-state index in [1.807, 2.05) is 6.92 Å². The number of aromatic nitrogens is 4. The molecule has 0 saturated heterocycles. The third-order valence-electron chi connectivity index (χ3n) is 2.49. The van der Waals surface area contributed by atoms with Crippen molar-refractivity contribution in [1.29, 1.82) is 0 Å². The maximum atomic E-state index is 11.8. The number of carbonyl (C=O) groups excluding carboxylic acids is 1. The van der Waals surface area contributed by atoms with E-state index in [0.29, 0.717) is 28.9 Å². The van der Waals surface area contributed by atoms with Crippen LogP contribution in [-0.2, 0) is 6.42 Å². The minimum absolute atomic E-state index is 0.158. The standard InChI is InChI=1S/C12H14ClN5O/c1-4-10-14-9(13)7-11(15-10)18-6-5-8(16-18)12(19)17(2)3/h5-7H,4H2,1-3H3. The molecule has 0 atom stereocenters. The molecule has 0 aliphatic heterocycles. The highest BCUT2D eigenvalue weighted by Crippen LogP contribution is 2.12. The molecule has 7 heteroatoms. The second-order valence-electron chi connectivity index (χ2n) is 4.16. The summed E-state index contributed by atoms with van der Waals surface area (Å²) in [6, 6.07) is 3.25. The molecule has 0 fully saturated rings. The van der Waals surface area contributed by atoms with E-state index in [4.69, 9.17) is 11.6 Å². The van der Waals surface area contributed by atoms with Crippen molar-refractivity contribution >= 4 is 17.5 Å². The van der Waals surface area contributed by atoms with Gasteiger partial charge in [0.05, 0.1) is 0 Å². The molecule has 2 heterocycles. The molecular formula is C12H14ClN5O. The Kier molecular flexibility index (Phi) is 3.80. The predicted molar refractivity (Wildman–Crippen MR) is 71.6 cm³/mol. The Morgan fingerprint density at radius 2 is 2.16 bits per heavy atom. The Hall–Kier alpha value is -1.95. The smallest absolute Gasteiger partial charge is 0.273 e. The molecule has 0 bridgehead atoms. The molecule has 6 nitrogen and oxygen atoms in total. The molecule has 1 amide bonds. The lowest BCUT2D eigenvalue weighted by molar-refractivity contribution is 0.0821. The Balaban J connectivity index is 2.37. The van der Waals surface area contributed by atoms with Gasteiger partial charge >= 0.3 is 0 Å². The topological polar surface area (TPSA) is 63.9 Å². The minimum Gasteiger partial charge on any atom is -0.343 e. The molecule has 2 aromatic rings. The van der Waals surface area contributed by atoms with Gasteiger partial charge in [0.25, 0.3) is 5.91 Å². The van der Waals surface area contributed by atoms with E-state index in [2.05, 4.69) is 15.1 Å². The van der Waals surface area contributed by atoms with E-state index < -0.39 is 0 Å². The van der Waals surface area contributed by atoms with Gasteiger partial charge in [-0.05, 0) is 6.07 Å². The monoisotopic (exact) mass is 279 g/mol. The van der Waals surface area contributed by atoms with Crippen LogP contribution < -0.4 is 0 Å². The van der Waals surface area contributed by atoms with Crippen molar-refractivity contribution in [3.8, 4) is 5.82 Å². The zero-order chi connectivity index (χ0) is 14.0. The highest BCUT2D eigenvalue weighted by atomic mass is 35.5. The summed E-state index contributed by atoms with van der Waals surface area (Å²) in [5.74, 6) is 1.03. The van der Waals surface area contributed by atoms with Crippen molar-refractivity contribution in [2.24, 2.45) is 0 Å². The Bertz CT molecular complexity index is 608. The molecule has 19 heavy (non-hydrogen) atoms. The SMILES string of the molecule is CCc1nc(Cl)cc(-n2ccc(C(=O)N(C)C)n2)n1. The van der Waals surface area contributed by atoms with Gasteiger partial charge in [0, 0.05) is 32.8 Å². The van der Waals surface area contributed by atoms with Crippen LogP contribution >= 0.6 is 11.6 Å². The first-order valence-electron chi connectivity index (χ1n) is 5.82. The number of hydrogen-bond donors (Lipinski definition) is 0. The number of amides is 1. The first-order chi connectivity index (χ1) is 9.01. The second-order valence-corrected chi connectivity index (χ2v) is 4.55. The lowest BCUT2D eigenvalue weighted by atomic mass is 10.4. The summed E-state index contributed by atoms with van der Waals surface area (Å²) < 4.78 is 1.52. The molecule has 2 aromatic heterocycles. The van der Waals surface area contributed by atoms with Gasteiger partial charge < -0.3 is 4.90 Å². The van der Waals surface area contributed by atoms with Crippen LogP contribution in [0.15, 0.2) is 18.3 Å². The van der Waals surface area contributed by atoms with Crippen molar-refractivity contribution in [3.05, 3.63) is 35.0 Å². The molecule has 0 aromatic carbocycles. The fourth-order valence-corrected chi connectivity index (χ4v) is 1.72. The predicted octanol–water partition coefficient (Wildman–Crippen LogP) is 1.58. The van der Waals surface area contributed by atoms with E-state index >= 15 is 0 Å². The fourth-order valence-electron chi connectivity index (χ4n) is 1.52. The van der Waals surface area contributed by atoms with Crippen LogP contribution in [0.25, 0.3) is 5.82 Å². The Morgan fingerprint density at radius 1 is 1.42 bits per heavy atom. The summed E-state index contributed by atoms with van der Waals surface area (Å²) in [7, 11) is 3.36. The number of halogens is 1. The maximum Gasteiger partial charge on any atom is 0.273 e. The summed E-state index contributed by atoms with van der Waals surface area (Å²) in [5.41, 5.74) is 0.359. The molecule has 0 aliphatic carbocycles. The average molecular weight is 280 g/mol. The van der Waals surface area contributed by atoms with Crippen molar-refractivity contribution in [3.63, 3.8) is 0 Å². The number of rotatable bonds is 3. The molecule has 0 spiro atoms. The fraction of sp³-hybridized carbons (Fsp3) is 0.333. The zero-order valence-corrected chi connectivity index (χ0v) is 11.7. The van der Waals surface area contributed by atoms with Crippen molar-refractivity contribution in [2.45, 2.75) is 13.3 Å². The normalized spacial score (nSPS) is 10.5. The summed E-state index contributed by atoms with van der Waals surface area (Å²) in [4.78, 5) is 21.6. The maximum absolute atomic E-state index is 11.8. The van der Waals surface area contributed by atoms with Crippen LogP contribution in [0.1, 0.15) is 23.2 Å². The van der Waals surface area contributed by atoms with Crippen LogP contribution in [0.4, 0.5) is 0 Å². The average Bonchev–Trinajstić information content (AvgIpc) is 2.86. The third-order valence-corrected chi connectivity index (χ3v) is 2.69. The molecule has 2 rings (SSSR count). The van der Waals surface area contributed by atoms with Gasteiger partial charge in [0.15, 0.2) is 11.5 Å². The first-order valence-corrected chi connectivity index (χ1v) is 6.20. The third kappa shape index (κ3) is 2.90. The van der Waals surface area contributed by atoms with Crippen molar-refractivity contribution < 1.29 is 4.79 Å². The molecule has 0 radical (unpaired) electrons. The van der Waals surface area contributed by atoms with Gasteiger partial charge in [-0.1, -0.05) is 18.5 Å². The highest BCUT2D eigenvalue weighted by molar-refractivity contribution is 6.29.